The van der Waals surface area contributed by atoms with Crippen molar-refractivity contribution in [3.63, 3.8) is 0 Å². The van der Waals surface area contributed by atoms with E-state index in [1.807, 2.05) is 0 Å². The van der Waals surface area contributed by atoms with E-state index in [-0.39, 0.29) is 12.8 Å². The second kappa shape index (κ2) is 12.1. The van der Waals surface area contributed by atoms with Crippen molar-refractivity contribution in [2.75, 3.05) is 0 Å². The molecule has 226 valence electrons. The first-order valence-electron chi connectivity index (χ1n) is 13.4. The van der Waals surface area contributed by atoms with Crippen molar-refractivity contribution < 1.29 is 59.2 Å². The molecule has 0 bridgehead atoms. The molecule has 5 rings (SSSR count). The highest BCUT2D eigenvalue weighted by molar-refractivity contribution is 5.92. The summed E-state index contributed by atoms with van der Waals surface area (Å²) in [6, 6.07) is 10.0. The number of ether oxygens (including phenoxy) is 4. The van der Waals surface area contributed by atoms with Crippen LogP contribution in [0.1, 0.15) is 25.0 Å². The van der Waals surface area contributed by atoms with E-state index in [4.69, 9.17) is 18.9 Å². The Morgan fingerprint density at radius 2 is 1.02 bits per heavy atom. The third-order valence-electron chi connectivity index (χ3n) is 7.44. The van der Waals surface area contributed by atoms with Gasteiger partial charge in [-0.3, -0.25) is 9.59 Å². The molecule has 10 atom stereocenters. The van der Waals surface area contributed by atoms with Gasteiger partial charge in [-0.1, -0.05) is 24.3 Å². The molecule has 6 N–H and O–H groups in total. The first kappa shape index (κ1) is 30.1. The molecule has 3 aromatic rings. The predicted octanol–water partition coefficient (Wildman–Crippen LogP) is -1.39. The minimum Gasteiger partial charge on any atom is -0.432 e. The molecule has 0 aliphatic carbocycles. The van der Waals surface area contributed by atoms with Gasteiger partial charge in [-0.2, -0.15) is 0 Å². The smallest absolute Gasteiger partial charge is 0.312 e. The number of esters is 2. The fraction of sp³-hybridized carbons (Fsp3) is 0.500. The molecule has 2 aliphatic rings. The molecule has 1 aromatic heterocycles. The van der Waals surface area contributed by atoms with E-state index < -0.39 is 73.4 Å². The van der Waals surface area contributed by atoms with E-state index in [2.05, 4.69) is 9.97 Å². The number of benzene rings is 2. The Morgan fingerprint density at radius 1 is 0.643 bits per heavy atom. The number of hydrogen-bond donors (Lipinski definition) is 6. The molecule has 2 aromatic carbocycles. The van der Waals surface area contributed by atoms with Crippen molar-refractivity contribution in [1.82, 2.24) is 9.97 Å². The van der Waals surface area contributed by atoms with Crippen molar-refractivity contribution in [2.24, 2.45) is 0 Å². The summed E-state index contributed by atoms with van der Waals surface area (Å²) in [5.41, 5.74) is 2.58. The second-order valence-corrected chi connectivity index (χ2v) is 10.5. The number of aromatic nitrogens is 2. The Bertz CT molecular complexity index is 1360. The Balaban J connectivity index is 1.32. The Hall–Kier alpha value is -3.34. The van der Waals surface area contributed by atoms with Gasteiger partial charge in [-0.05, 0) is 37.1 Å². The first-order valence-corrected chi connectivity index (χ1v) is 13.4. The maximum atomic E-state index is 12.7. The van der Waals surface area contributed by atoms with Crippen LogP contribution in [0.3, 0.4) is 0 Å². The van der Waals surface area contributed by atoms with Crippen LogP contribution in [0.5, 0.6) is 0 Å². The monoisotopic (exact) mass is 588 g/mol. The quantitative estimate of drug-likeness (QED) is 0.144. The van der Waals surface area contributed by atoms with Gasteiger partial charge in [0.15, 0.2) is 0 Å². The summed E-state index contributed by atoms with van der Waals surface area (Å²) in [4.78, 5) is 34.8. The average Bonchev–Trinajstić information content (AvgIpc) is 2.96. The molecule has 14 nitrogen and oxygen atoms in total. The molecule has 2 fully saturated rings. The van der Waals surface area contributed by atoms with Crippen molar-refractivity contribution in [3.8, 4) is 0 Å². The molecule has 3 heterocycles. The van der Waals surface area contributed by atoms with E-state index in [1.165, 1.54) is 13.8 Å². The fourth-order valence-electron chi connectivity index (χ4n) is 5.00. The molecule has 2 saturated heterocycles. The van der Waals surface area contributed by atoms with Gasteiger partial charge in [-0.15, -0.1) is 0 Å². The molecule has 0 saturated carbocycles. The largest absolute Gasteiger partial charge is 0.432 e. The highest BCUT2D eigenvalue weighted by Gasteiger charge is 2.44. The van der Waals surface area contributed by atoms with Crippen LogP contribution in [0.25, 0.3) is 22.1 Å². The lowest BCUT2D eigenvalue weighted by Gasteiger charge is -2.38. The van der Waals surface area contributed by atoms with Crippen molar-refractivity contribution in [2.45, 2.75) is 88.1 Å². The third kappa shape index (κ3) is 5.93. The van der Waals surface area contributed by atoms with E-state index in [0.717, 1.165) is 0 Å². The first-order chi connectivity index (χ1) is 19.9. The van der Waals surface area contributed by atoms with Crippen LogP contribution in [0, 0.1) is 0 Å². The zero-order chi connectivity index (χ0) is 30.3. The fourth-order valence-corrected chi connectivity index (χ4v) is 5.00. The highest BCUT2D eigenvalue weighted by Crippen LogP contribution is 2.26. The molecular formula is C28H32N2O12. The topological polar surface area (TPSA) is 218 Å². The molecule has 42 heavy (non-hydrogen) atoms. The number of carbonyl (C=O) groups is 2. The summed E-state index contributed by atoms with van der Waals surface area (Å²) in [6.45, 7) is 2.95. The summed E-state index contributed by atoms with van der Waals surface area (Å²) in [5.74, 6) is -1.53. The Kier molecular flexibility index (Phi) is 8.68. The minimum absolute atomic E-state index is 0.258. The van der Waals surface area contributed by atoms with Crippen LogP contribution in [0.15, 0.2) is 36.4 Å². The summed E-state index contributed by atoms with van der Waals surface area (Å²) in [7, 11) is 0. The lowest BCUT2D eigenvalue weighted by Crippen LogP contribution is -2.57. The van der Waals surface area contributed by atoms with Crippen LogP contribution in [-0.4, -0.2) is 114 Å². The van der Waals surface area contributed by atoms with Gasteiger partial charge in [0, 0.05) is 0 Å². The van der Waals surface area contributed by atoms with Crippen LogP contribution in [0.2, 0.25) is 0 Å². The van der Waals surface area contributed by atoms with Crippen LogP contribution < -0.4 is 0 Å². The molecule has 2 aliphatic heterocycles. The number of aliphatic hydroxyl groups excluding tert-OH is 6. The van der Waals surface area contributed by atoms with E-state index >= 15 is 0 Å². The summed E-state index contributed by atoms with van der Waals surface area (Å²) >= 11 is 0. The molecule has 0 spiro atoms. The number of hydrogen-bond acceptors (Lipinski definition) is 14. The maximum absolute atomic E-state index is 12.7. The van der Waals surface area contributed by atoms with Gasteiger partial charge in [-0.25, -0.2) is 9.97 Å². The lowest BCUT2D eigenvalue weighted by molar-refractivity contribution is -0.284. The zero-order valence-electron chi connectivity index (χ0n) is 22.7. The number of nitrogens with zero attached hydrogens (tertiary/aromatic N) is 2. The summed E-state index contributed by atoms with van der Waals surface area (Å²) in [6.07, 6.45) is -14.2. The molecule has 10 unspecified atom stereocenters. The van der Waals surface area contributed by atoms with Gasteiger partial charge < -0.3 is 49.6 Å². The number of aliphatic hydroxyl groups is 6. The summed E-state index contributed by atoms with van der Waals surface area (Å²) < 4.78 is 21.2. The standard InChI is InChI=1S/C28H32N2O12/c1-11-21(33)23(35)25(37)27(39-11)41-17(31)9-13-5-3-7-15-19(13)29-16-8-4-6-14(20(16)30-15)10-18(32)42-28-26(38)24(36)22(34)12(2)40-28/h3-8,11-12,21-28,33-38H,9-10H2,1-2H3. The van der Waals surface area contributed by atoms with Crippen molar-refractivity contribution in [3.05, 3.63) is 47.5 Å². The van der Waals surface area contributed by atoms with Crippen molar-refractivity contribution in [1.29, 1.82) is 0 Å². The second-order valence-electron chi connectivity index (χ2n) is 10.5. The SMILES string of the molecule is CC1OC(OC(=O)Cc2cccc3nc4c(CC(=O)OC5OC(C)C(O)C(O)C5O)cccc4nc23)C(O)C(O)C1O. The van der Waals surface area contributed by atoms with Gasteiger partial charge in [0.05, 0.1) is 47.1 Å². The predicted molar refractivity (Wildman–Crippen MR) is 141 cm³/mol. The number of rotatable bonds is 6. The number of fused-ring (bicyclic) bond motifs is 2. The molecule has 0 amide bonds. The van der Waals surface area contributed by atoms with Crippen molar-refractivity contribution >= 4 is 34.0 Å². The van der Waals surface area contributed by atoms with Gasteiger partial charge in [0.2, 0.25) is 12.6 Å². The lowest BCUT2D eigenvalue weighted by atomic mass is 10.00. The van der Waals surface area contributed by atoms with Crippen LogP contribution in [0.4, 0.5) is 0 Å². The molecule has 0 radical (unpaired) electrons. The van der Waals surface area contributed by atoms with Gasteiger partial charge in [0.1, 0.15) is 36.6 Å². The number of para-hydroxylation sites is 2. The zero-order valence-corrected chi connectivity index (χ0v) is 22.7. The Morgan fingerprint density at radius 3 is 1.40 bits per heavy atom. The molecular weight excluding hydrogens is 556 g/mol. The van der Waals surface area contributed by atoms with Crippen LogP contribution in [-0.2, 0) is 41.4 Å². The van der Waals surface area contributed by atoms with Gasteiger partial charge in [0.25, 0.3) is 0 Å². The molecule has 14 heteroatoms. The van der Waals surface area contributed by atoms with E-state index in [9.17, 15) is 40.2 Å². The maximum Gasteiger partial charge on any atom is 0.312 e. The summed E-state index contributed by atoms with van der Waals surface area (Å²) in [5, 5.41) is 59.9. The average molecular weight is 589 g/mol. The minimum atomic E-state index is -1.63. The van der Waals surface area contributed by atoms with Crippen LogP contribution >= 0.6 is 0 Å². The highest BCUT2D eigenvalue weighted by atomic mass is 16.7. The Labute approximate surface area is 239 Å². The van der Waals surface area contributed by atoms with Gasteiger partial charge >= 0.3 is 11.9 Å². The van der Waals surface area contributed by atoms with E-state index in [0.29, 0.717) is 33.2 Å². The number of carbonyl (C=O) groups excluding carboxylic acids is 2. The third-order valence-corrected chi connectivity index (χ3v) is 7.44. The normalized spacial score (nSPS) is 33.4. The van der Waals surface area contributed by atoms with E-state index in [1.54, 1.807) is 36.4 Å².